The van der Waals surface area contributed by atoms with E-state index in [1.807, 2.05) is 48.3 Å². The van der Waals surface area contributed by atoms with Crippen LogP contribution in [0.25, 0.3) is 0 Å². The smallest absolute Gasteiger partial charge is 0.137 e. The molecule has 0 saturated heterocycles. The van der Waals surface area contributed by atoms with Crippen molar-refractivity contribution < 1.29 is 4.74 Å². The van der Waals surface area contributed by atoms with Crippen LogP contribution in [0, 0.1) is 0 Å². The lowest BCUT2D eigenvalue weighted by Crippen LogP contribution is -2.13. The summed E-state index contributed by atoms with van der Waals surface area (Å²) in [6.07, 6.45) is 1.77. The molecule has 0 amide bonds. The van der Waals surface area contributed by atoms with Crippen LogP contribution in [-0.2, 0) is 5.88 Å². The van der Waals surface area contributed by atoms with Crippen LogP contribution in [0.3, 0.4) is 0 Å². The maximum Gasteiger partial charge on any atom is 0.137 e. The molecule has 0 spiro atoms. The second kappa shape index (κ2) is 5.74. The number of alkyl halides is 1. The van der Waals surface area contributed by atoms with Crippen molar-refractivity contribution in [3.63, 3.8) is 0 Å². The zero-order valence-corrected chi connectivity index (χ0v) is 11.2. The molecule has 0 unspecified atom stereocenters. The van der Waals surface area contributed by atoms with Gasteiger partial charge in [0.15, 0.2) is 0 Å². The van der Waals surface area contributed by atoms with Crippen LogP contribution in [0.4, 0.5) is 11.5 Å². The Morgan fingerprint density at radius 1 is 1.28 bits per heavy atom. The van der Waals surface area contributed by atoms with Crippen molar-refractivity contribution in [2.45, 2.75) is 5.88 Å². The van der Waals surface area contributed by atoms with E-state index in [9.17, 15) is 0 Å². The van der Waals surface area contributed by atoms with E-state index < -0.39 is 0 Å². The average Bonchev–Trinajstić information content (AvgIpc) is 2.46. The summed E-state index contributed by atoms with van der Waals surface area (Å²) in [4.78, 5) is 6.38. The Morgan fingerprint density at radius 2 is 2.11 bits per heavy atom. The third-order valence-electron chi connectivity index (χ3n) is 2.77. The largest absolute Gasteiger partial charge is 0.497 e. The van der Waals surface area contributed by atoms with Crippen LogP contribution < -0.4 is 9.64 Å². The minimum atomic E-state index is 0.442. The van der Waals surface area contributed by atoms with Gasteiger partial charge in [0.1, 0.15) is 11.6 Å². The molecular formula is C14H15ClN2O. The van der Waals surface area contributed by atoms with Crippen LogP contribution in [0.15, 0.2) is 42.6 Å². The number of halogens is 1. The first-order valence-electron chi connectivity index (χ1n) is 5.64. The van der Waals surface area contributed by atoms with Gasteiger partial charge in [-0.3, -0.25) is 0 Å². The highest BCUT2D eigenvalue weighted by atomic mass is 35.5. The van der Waals surface area contributed by atoms with Crippen molar-refractivity contribution in [3.8, 4) is 5.75 Å². The summed E-state index contributed by atoms with van der Waals surface area (Å²) in [5.41, 5.74) is 2.02. The van der Waals surface area contributed by atoms with Gasteiger partial charge in [-0.05, 0) is 18.2 Å². The second-order valence-electron chi connectivity index (χ2n) is 3.88. The third kappa shape index (κ3) is 2.57. The molecule has 1 heterocycles. The number of nitrogens with zero attached hydrogens (tertiary/aromatic N) is 2. The molecule has 1 aromatic heterocycles. The highest BCUT2D eigenvalue weighted by Crippen LogP contribution is 2.28. The van der Waals surface area contributed by atoms with Gasteiger partial charge in [-0.15, -0.1) is 11.6 Å². The van der Waals surface area contributed by atoms with Gasteiger partial charge >= 0.3 is 0 Å². The Bertz CT molecular complexity index is 531. The summed E-state index contributed by atoms with van der Waals surface area (Å²) < 4.78 is 5.22. The molecule has 2 rings (SSSR count). The monoisotopic (exact) mass is 262 g/mol. The fourth-order valence-electron chi connectivity index (χ4n) is 1.78. The molecule has 1 aromatic carbocycles. The van der Waals surface area contributed by atoms with E-state index >= 15 is 0 Å². The fraction of sp³-hybridized carbons (Fsp3) is 0.214. The summed E-state index contributed by atoms with van der Waals surface area (Å²) in [6, 6.07) is 11.7. The van der Waals surface area contributed by atoms with Gasteiger partial charge in [0.2, 0.25) is 0 Å². The number of benzene rings is 1. The van der Waals surface area contributed by atoms with E-state index in [0.29, 0.717) is 5.88 Å². The van der Waals surface area contributed by atoms with Crippen LogP contribution in [0.5, 0.6) is 5.75 Å². The molecule has 4 heteroatoms. The Kier molecular flexibility index (Phi) is 4.05. The summed E-state index contributed by atoms with van der Waals surface area (Å²) >= 11 is 5.93. The van der Waals surface area contributed by atoms with Crippen molar-refractivity contribution in [1.29, 1.82) is 0 Å². The number of ether oxygens (including phenoxy) is 1. The molecule has 2 aromatic rings. The Balaban J connectivity index is 2.37. The molecule has 0 atom stereocenters. The Morgan fingerprint density at radius 3 is 2.83 bits per heavy atom. The zero-order valence-electron chi connectivity index (χ0n) is 10.4. The average molecular weight is 263 g/mol. The normalized spacial score (nSPS) is 10.2. The van der Waals surface area contributed by atoms with Crippen LogP contribution in [0.1, 0.15) is 5.56 Å². The first kappa shape index (κ1) is 12.7. The third-order valence-corrected chi connectivity index (χ3v) is 3.06. The van der Waals surface area contributed by atoms with Gasteiger partial charge in [0, 0.05) is 30.6 Å². The molecule has 0 bridgehead atoms. The molecular weight excluding hydrogens is 248 g/mol. The lowest BCUT2D eigenvalue weighted by atomic mass is 10.2. The number of anilines is 2. The molecule has 0 fully saturated rings. The van der Waals surface area contributed by atoms with Gasteiger partial charge in [-0.25, -0.2) is 4.98 Å². The first-order valence-corrected chi connectivity index (χ1v) is 6.17. The second-order valence-corrected chi connectivity index (χ2v) is 4.15. The minimum Gasteiger partial charge on any atom is -0.497 e. The van der Waals surface area contributed by atoms with E-state index in [1.54, 1.807) is 13.3 Å². The van der Waals surface area contributed by atoms with Crippen LogP contribution in [-0.4, -0.2) is 19.1 Å². The number of methoxy groups -OCH3 is 1. The van der Waals surface area contributed by atoms with Crippen molar-refractivity contribution >= 4 is 23.1 Å². The number of pyridine rings is 1. The molecule has 0 saturated carbocycles. The van der Waals surface area contributed by atoms with Crippen LogP contribution >= 0.6 is 11.6 Å². The predicted octanol–water partition coefficient (Wildman–Crippen LogP) is 3.60. The number of hydrogen-bond donors (Lipinski definition) is 0. The molecule has 3 nitrogen and oxygen atoms in total. The first-order chi connectivity index (χ1) is 8.76. The number of rotatable bonds is 4. The maximum absolute atomic E-state index is 5.93. The number of aromatic nitrogens is 1. The Labute approximate surface area is 112 Å². The van der Waals surface area contributed by atoms with Crippen molar-refractivity contribution in [3.05, 3.63) is 48.2 Å². The summed E-state index contributed by atoms with van der Waals surface area (Å²) in [6.45, 7) is 0. The van der Waals surface area contributed by atoms with E-state index in [2.05, 4.69) is 4.98 Å². The zero-order chi connectivity index (χ0) is 13.0. The van der Waals surface area contributed by atoms with Gasteiger partial charge in [0.25, 0.3) is 0 Å². The van der Waals surface area contributed by atoms with Crippen LogP contribution in [0.2, 0.25) is 0 Å². The van der Waals surface area contributed by atoms with E-state index in [1.165, 1.54) is 0 Å². The van der Waals surface area contributed by atoms with E-state index in [0.717, 1.165) is 22.8 Å². The molecule has 0 N–H and O–H groups in total. The molecule has 18 heavy (non-hydrogen) atoms. The fourth-order valence-corrected chi connectivity index (χ4v) is 1.99. The SMILES string of the molecule is COc1cccc(N(C)c2ncccc2CCl)c1. The molecule has 0 aliphatic carbocycles. The topological polar surface area (TPSA) is 25.4 Å². The molecule has 0 aliphatic heterocycles. The molecule has 0 aliphatic rings. The molecule has 0 radical (unpaired) electrons. The standard InChI is InChI=1S/C14H15ClN2O/c1-17(12-6-3-7-13(9-12)18-2)14-11(10-15)5-4-8-16-14/h3-9H,10H2,1-2H3. The van der Waals surface area contributed by atoms with Crippen molar-refractivity contribution in [1.82, 2.24) is 4.98 Å². The molecule has 94 valence electrons. The number of hydrogen-bond acceptors (Lipinski definition) is 3. The predicted molar refractivity (Wildman–Crippen MR) is 74.9 cm³/mol. The van der Waals surface area contributed by atoms with E-state index in [-0.39, 0.29) is 0 Å². The highest BCUT2D eigenvalue weighted by molar-refractivity contribution is 6.17. The van der Waals surface area contributed by atoms with Gasteiger partial charge in [-0.2, -0.15) is 0 Å². The quantitative estimate of drug-likeness (QED) is 0.788. The van der Waals surface area contributed by atoms with Gasteiger partial charge in [0.05, 0.1) is 13.0 Å². The lowest BCUT2D eigenvalue weighted by molar-refractivity contribution is 0.415. The Hall–Kier alpha value is -1.74. The lowest BCUT2D eigenvalue weighted by Gasteiger charge is -2.21. The van der Waals surface area contributed by atoms with Crippen molar-refractivity contribution in [2.75, 3.05) is 19.1 Å². The minimum absolute atomic E-state index is 0.442. The van der Waals surface area contributed by atoms with Gasteiger partial charge < -0.3 is 9.64 Å². The summed E-state index contributed by atoms with van der Waals surface area (Å²) in [5.74, 6) is 2.13. The van der Waals surface area contributed by atoms with E-state index in [4.69, 9.17) is 16.3 Å². The van der Waals surface area contributed by atoms with Crippen molar-refractivity contribution in [2.24, 2.45) is 0 Å². The van der Waals surface area contributed by atoms with Gasteiger partial charge in [-0.1, -0.05) is 12.1 Å². The summed E-state index contributed by atoms with van der Waals surface area (Å²) in [5, 5.41) is 0. The summed E-state index contributed by atoms with van der Waals surface area (Å²) in [7, 11) is 3.62. The maximum atomic E-state index is 5.93. The highest BCUT2D eigenvalue weighted by Gasteiger charge is 2.10.